The van der Waals surface area contributed by atoms with Gasteiger partial charge in [-0.05, 0) is 32.0 Å². The van der Waals surface area contributed by atoms with E-state index in [4.69, 9.17) is 27.5 Å². The predicted octanol–water partition coefficient (Wildman–Crippen LogP) is 2.98. The van der Waals surface area contributed by atoms with Crippen molar-refractivity contribution in [3.05, 3.63) is 46.7 Å². The molecule has 6 heteroatoms. The van der Waals surface area contributed by atoms with Gasteiger partial charge in [0.15, 0.2) is 0 Å². The first kappa shape index (κ1) is 14.4. The first-order valence-electron chi connectivity index (χ1n) is 6.28. The summed E-state index contributed by atoms with van der Waals surface area (Å²) in [6, 6.07) is 7.39. The van der Waals surface area contributed by atoms with Gasteiger partial charge in [0.25, 0.3) is 0 Å². The van der Waals surface area contributed by atoms with Crippen LogP contribution in [0, 0.1) is 5.41 Å². The third-order valence-electron chi connectivity index (χ3n) is 2.81. The van der Waals surface area contributed by atoms with Crippen molar-refractivity contribution < 1.29 is 4.74 Å². The molecule has 0 unspecified atom stereocenters. The molecule has 106 valence electrons. The number of hydrogen-bond acceptors (Lipinski definition) is 3. The SMILES string of the molecule is CC(C)n1ccc(COc2cccc(Cl)c2C(=N)N)n1. The van der Waals surface area contributed by atoms with Crippen LogP contribution in [0.1, 0.15) is 31.1 Å². The van der Waals surface area contributed by atoms with Gasteiger partial charge in [0, 0.05) is 12.2 Å². The minimum Gasteiger partial charge on any atom is -0.486 e. The molecule has 0 aliphatic heterocycles. The molecule has 0 aliphatic carbocycles. The Labute approximate surface area is 122 Å². The zero-order valence-electron chi connectivity index (χ0n) is 11.4. The second kappa shape index (κ2) is 5.96. The Kier molecular flexibility index (Phi) is 4.29. The number of nitrogens with zero attached hydrogens (tertiary/aromatic N) is 2. The van der Waals surface area contributed by atoms with Crippen molar-refractivity contribution in [2.45, 2.75) is 26.5 Å². The molecule has 0 spiro atoms. The average molecular weight is 293 g/mol. The fraction of sp³-hybridized carbons (Fsp3) is 0.286. The molecule has 1 aromatic carbocycles. The van der Waals surface area contributed by atoms with Gasteiger partial charge in [-0.15, -0.1) is 0 Å². The van der Waals surface area contributed by atoms with Crippen molar-refractivity contribution >= 4 is 17.4 Å². The van der Waals surface area contributed by atoms with E-state index < -0.39 is 0 Å². The van der Waals surface area contributed by atoms with Crippen LogP contribution in [0.15, 0.2) is 30.5 Å². The number of nitrogens with one attached hydrogen (secondary N) is 1. The minimum absolute atomic E-state index is 0.113. The molecule has 0 saturated heterocycles. The van der Waals surface area contributed by atoms with Crippen LogP contribution in [0.4, 0.5) is 0 Å². The maximum atomic E-state index is 7.55. The number of rotatable bonds is 5. The maximum Gasteiger partial charge on any atom is 0.132 e. The Hall–Kier alpha value is -2.01. The van der Waals surface area contributed by atoms with Crippen molar-refractivity contribution in [1.29, 1.82) is 5.41 Å². The van der Waals surface area contributed by atoms with E-state index in [1.807, 2.05) is 16.9 Å². The summed E-state index contributed by atoms with van der Waals surface area (Å²) in [6.07, 6.45) is 1.91. The van der Waals surface area contributed by atoms with Gasteiger partial charge >= 0.3 is 0 Å². The van der Waals surface area contributed by atoms with E-state index in [1.54, 1.807) is 18.2 Å². The molecular formula is C14H17ClN4O. The van der Waals surface area contributed by atoms with Crippen LogP contribution in [0.25, 0.3) is 0 Å². The maximum absolute atomic E-state index is 7.55. The first-order valence-corrected chi connectivity index (χ1v) is 6.66. The number of aromatic nitrogens is 2. The fourth-order valence-corrected chi connectivity index (χ4v) is 2.05. The molecule has 20 heavy (non-hydrogen) atoms. The Balaban J connectivity index is 2.14. The number of halogens is 1. The van der Waals surface area contributed by atoms with Crippen molar-refractivity contribution in [3.8, 4) is 5.75 Å². The molecule has 5 nitrogen and oxygen atoms in total. The molecule has 0 atom stereocenters. The summed E-state index contributed by atoms with van der Waals surface area (Å²) in [4.78, 5) is 0. The second-order valence-corrected chi connectivity index (χ2v) is 5.10. The molecule has 0 fully saturated rings. The molecule has 0 aliphatic rings. The average Bonchev–Trinajstić information content (AvgIpc) is 2.84. The number of hydrogen-bond donors (Lipinski definition) is 2. The van der Waals surface area contributed by atoms with Crippen LogP contribution >= 0.6 is 11.6 Å². The van der Waals surface area contributed by atoms with Crippen LogP contribution in [-0.2, 0) is 6.61 Å². The van der Waals surface area contributed by atoms with Gasteiger partial charge in [0.1, 0.15) is 18.2 Å². The first-order chi connectivity index (χ1) is 9.49. The summed E-state index contributed by atoms with van der Waals surface area (Å²) in [5.74, 6) is 0.377. The Morgan fingerprint density at radius 3 is 2.80 bits per heavy atom. The van der Waals surface area contributed by atoms with Crippen LogP contribution in [0.3, 0.4) is 0 Å². The third kappa shape index (κ3) is 3.11. The van der Waals surface area contributed by atoms with E-state index in [2.05, 4.69) is 18.9 Å². The standard InChI is InChI=1S/C14H17ClN4O/c1-9(2)19-7-6-10(18-19)8-20-12-5-3-4-11(15)13(12)14(16)17/h3-7,9H,8H2,1-2H3,(H3,16,17). The quantitative estimate of drug-likeness (QED) is 0.657. The number of benzene rings is 1. The summed E-state index contributed by atoms with van der Waals surface area (Å²) in [6.45, 7) is 4.42. The smallest absolute Gasteiger partial charge is 0.132 e. The third-order valence-corrected chi connectivity index (χ3v) is 3.13. The van der Waals surface area contributed by atoms with Crippen molar-refractivity contribution in [1.82, 2.24) is 9.78 Å². The Morgan fingerprint density at radius 1 is 1.45 bits per heavy atom. The number of nitrogens with two attached hydrogens (primary N) is 1. The molecule has 0 radical (unpaired) electrons. The van der Waals surface area contributed by atoms with Crippen LogP contribution in [0.2, 0.25) is 5.02 Å². The van der Waals surface area contributed by atoms with E-state index in [9.17, 15) is 0 Å². The van der Waals surface area contributed by atoms with Crippen LogP contribution in [-0.4, -0.2) is 15.6 Å². The summed E-state index contributed by atoms with van der Waals surface area (Å²) in [5, 5.41) is 12.4. The molecule has 0 amide bonds. The molecule has 2 aromatic rings. The normalized spacial score (nSPS) is 10.8. The Bertz CT molecular complexity index is 621. The summed E-state index contributed by atoms with van der Waals surface area (Å²) < 4.78 is 7.54. The largest absolute Gasteiger partial charge is 0.486 e. The monoisotopic (exact) mass is 292 g/mol. The zero-order chi connectivity index (χ0) is 14.7. The molecular weight excluding hydrogens is 276 g/mol. The van der Waals surface area contributed by atoms with E-state index in [1.165, 1.54) is 0 Å². The van der Waals surface area contributed by atoms with E-state index >= 15 is 0 Å². The minimum atomic E-state index is -0.113. The lowest BCUT2D eigenvalue weighted by Gasteiger charge is -2.11. The van der Waals surface area contributed by atoms with Gasteiger partial charge in [-0.1, -0.05) is 17.7 Å². The fourth-order valence-electron chi connectivity index (χ4n) is 1.78. The molecule has 1 heterocycles. The predicted molar refractivity (Wildman–Crippen MR) is 79.4 cm³/mol. The zero-order valence-corrected chi connectivity index (χ0v) is 12.2. The Morgan fingerprint density at radius 2 is 2.20 bits per heavy atom. The van der Waals surface area contributed by atoms with Crippen molar-refractivity contribution in [2.24, 2.45) is 5.73 Å². The van der Waals surface area contributed by atoms with E-state index in [0.717, 1.165) is 5.69 Å². The number of amidine groups is 1. The van der Waals surface area contributed by atoms with Gasteiger partial charge in [-0.2, -0.15) is 5.10 Å². The summed E-state index contributed by atoms with van der Waals surface area (Å²) in [7, 11) is 0. The highest BCUT2D eigenvalue weighted by Crippen LogP contribution is 2.26. The van der Waals surface area contributed by atoms with Crippen LogP contribution in [0.5, 0.6) is 5.75 Å². The van der Waals surface area contributed by atoms with E-state index in [-0.39, 0.29) is 5.84 Å². The highest BCUT2D eigenvalue weighted by atomic mass is 35.5. The lowest BCUT2D eigenvalue weighted by molar-refractivity contribution is 0.298. The topological polar surface area (TPSA) is 76.9 Å². The number of ether oxygens (including phenoxy) is 1. The van der Waals surface area contributed by atoms with Gasteiger partial charge in [-0.25, -0.2) is 0 Å². The molecule has 2 rings (SSSR count). The lowest BCUT2D eigenvalue weighted by atomic mass is 10.2. The lowest BCUT2D eigenvalue weighted by Crippen LogP contribution is -2.14. The molecule has 1 aromatic heterocycles. The van der Waals surface area contributed by atoms with Crippen LogP contribution < -0.4 is 10.5 Å². The summed E-state index contributed by atoms with van der Waals surface area (Å²) >= 11 is 6.03. The van der Waals surface area contributed by atoms with Crippen molar-refractivity contribution in [2.75, 3.05) is 0 Å². The van der Waals surface area contributed by atoms with Gasteiger partial charge in [0.2, 0.25) is 0 Å². The van der Waals surface area contributed by atoms with Gasteiger partial charge < -0.3 is 10.5 Å². The molecule has 3 N–H and O–H groups in total. The molecule has 0 saturated carbocycles. The highest BCUT2D eigenvalue weighted by molar-refractivity contribution is 6.34. The summed E-state index contributed by atoms with van der Waals surface area (Å²) in [5.41, 5.74) is 6.75. The van der Waals surface area contributed by atoms with E-state index in [0.29, 0.717) is 29.0 Å². The van der Waals surface area contributed by atoms with Crippen molar-refractivity contribution in [3.63, 3.8) is 0 Å². The second-order valence-electron chi connectivity index (χ2n) is 4.70. The van der Waals surface area contributed by atoms with Gasteiger partial charge in [0.05, 0.1) is 16.3 Å². The number of nitrogen functional groups attached to an aromatic ring is 1. The highest BCUT2D eigenvalue weighted by Gasteiger charge is 2.12. The van der Waals surface area contributed by atoms with Gasteiger partial charge in [-0.3, -0.25) is 10.1 Å². The molecule has 0 bridgehead atoms.